The number of pyridine rings is 2. The predicted molar refractivity (Wildman–Crippen MR) is 80.7 cm³/mol. The smallest absolute Gasteiger partial charge is 0.145 e. The van der Waals surface area contributed by atoms with Gasteiger partial charge in [-0.2, -0.15) is 0 Å². The summed E-state index contributed by atoms with van der Waals surface area (Å²) in [5.41, 5.74) is 2.61. The topological polar surface area (TPSA) is 35.0 Å². The zero-order valence-corrected chi connectivity index (χ0v) is 11.6. The number of ether oxygens (including phenoxy) is 1. The van der Waals surface area contributed by atoms with Gasteiger partial charge in [0.05, 0.1) is 17.5 Å². The van der Waals surface area contributed by atoms with E-state index in [1.54, 1.807) is 6.20 Å². The number of rotatable bonds is 3. The molecule has 0 aliphatic heterocycles. The molecule has 0 atom stereocenters. The highest BCUT2D eigenvalue weighted by Crippen LogP contribution is 2.27. The first-order chi connectivity index (χ1) is 9.74. The van der Waals surface area contributed by atoms with Crippen LogP contribution in [0.2, 0.25) is 0 Å². The van der Waals surface area contributed by atoms with Crippen molar-refractivity contribution in [3.8, 4) is 17.1 Å². The molecule has 20 heavy (non-hydrogen) atoms. The van der Waals surface area contributed by atoms with Gasteiger partial charge < -0.3 is 4.74 Å². The lowest BCUT2D eigenvalue weighted by Gasteiger charge is -2.12. The SMILES string of the molecule is CC(C)Oc1cccc2ccc(-c3ccccn3)nc12. The van der Waals surface area contributed by atoms with Gasteiger partial charge in [0.1, 0.15) is 11.3 Å². The number of para-hydroxylation sites is 1. The van der Waals surface area contributed by atoms with E-state index in [4.69, 9.17) is 9.72 Å². The third kappa shape index (κ3) is 2.48. The van der Waals surface area contributed by atoms with E-state index in [9.17, 15) is 0 Å². The maximum absolute atomic E-state index is 5.84. The van der Waals surface area contributed by atoms with Gasteiger partial charge in [0.25, 0.3) is 0 Å². The molecule has 100 valence electrons. The number of benzene rings is 1. The number of fused-ring (bicyclic) bond motifs is 1. The Hall–Kier alpha value is -2.42. The molecule has 3 nitrogen and oxygen atoms in total. The first-order valence-corrected chi connectivity index (χ1v) is 6.72. The van der Waals surface area contributed by atoms with Gasteiger partial charge in [-0.05, 0) is 38.1 Å². The van der Waals surface area contributed by atoms with Crippen molar-refractivity contribution in [3.05, 3.63) is 54.7 Å². The monoisotopic (exact) mass is 264 g/mol. The van der Waals surface area contributed by atoms with Crippen LogP contribution in [0.4, 0.5) is 0 Å². The molecule has 0 aliphatic carbocycles. The van der Waals surface area contributed by atoms with Crippen LogP contribution in [0.5, 0.6) is 5.75 Å². The molecule has 0 saturated carbocycles. The quantitative estimate of drug-likeness (QED) is 0.714. The molecule has 3 rings (SSSR count). The first kappa shape index (κ1) is 12.6. The summed E-state index contributed by atoms with van der Waals surface area (Å²) in [7, 11) is 0. The van der Waals surface area contributed by atoms with E-state index in [2.05, 4.69) is 11.1 Å². The van der Waals surface area contributed by atoms with Gasteiger partial charge >= 0.3 is 0 Å². The fraction of sp³-hybridized carbons (Fsp3) is 0.176. The average molecular weight is 264 g/mol. The van der Waals surface area contributed by atoms with E-state index >= 15 is 0 Å². The highest BCUT2D eigenvalue weighted by atomic mass is 16.5. The van der Waals surface area contributed by atoms with Crippen LogP contribution in [-0.2, 0) is 0 Å². The molecule has 3 heteroatoms. The zero-order chi connectivity index (χ0) is 13.9. The number of aromatic nitrogens is 2. The molecule has 2 heterocycles. The fourth-order valence-electron chi connectivity index (χ4n) is 2.13. The summed E-state index contributed by atoms with van der Waals surface area (Å²) in [6.07, 6.45) is 1.90. The van der Waals surface area contributed by atoms with Gasteiger partial charge in [0.2, 0.25) is 0 Å². The van der Waals surface area contributed by atoms with Crippen LogP contribution in [-0.4, -0.2) is 16.1 Å². The van der Waals surface area contributed by atoms with Crippen LogP contribution >= 0.6 is 0 Å². The van der Waals surface area contributed by atoms with E-state index in [0.29, 0.717) is 0 Å². The van der Waals surface area contributed by atoms with E-state index < -0.39 is 0 Å². The van der Waals surface area contributed by atoms with Crippen molar-refractivity contribution in [3.63, 3.8) is 0 Å². The predicted octanol–water partition coefficient (Wildman–Crippen LogP) is 4.08. The van der Waals surface area contributed by atoms with Crippen molar-refractivity contribution in [2.75, 3.05) is 0 Å². The first-order valence-electron chi connectivity index (χ1n) is 6.72. The lowest BCUT2D eigenvalue weighted by atomic mass is 10.1. The Labute approximate surface area is 118 Å². The van der Waals surface area contributed by atoms with E-state index in [1.807, 2.05) is 56.3 Å². The van der Waals surface area contributed by atoms with Crippen LogP contribution in [0.1, 0.15) is 13.8 Å². The highest BCUT2D eigenvalue weighted by Gasteiger charge is 2.08. The van der Waals surface area contributed by atoms with Crippen molar-refractivity contribution in [2.24, 2.45) is 0 Å². The van der Waals surface area contributed by atoms with E-state index in [-0.39, 0.29) is 6.10 Å². The molecular weight excluding hydrogens is 248 g/mol. The van der Waals surface area contributed by atoms with E-state index in [1.165, 1.54) is 0 Å². The van der Waals surface area contributed by atoms with Gasteiger partial charge in [0.15, 0.2) is 0 Å². The summed E-state index contributed by atoms with van der Waals surface area (Å²) < 4.78 is 5.84. The molecule has 0 spiro atoms. The van der Waals surface area contributed by atoms with E-state index in [0.717, 1.165) is 28.0 Å². The Balaban J connectivity index is 2.14. The minimum absolute atomic E-state index is 0.126. The third-order valence-electron chi connectivity index (χ3n) is 2.97. The molecule has 0 fully saturated rings. The summed E-state index contributed by atoms with van der Waals surface area (Å²) in [5, 5.41) is 1.07. The fourth-order valence-corrected chi connectivity index (χ4v) is 2.13. The van der Waals surface area contributed by atoms with Crippen LogP contribution in [0.15, 0.2) is 54.7 Å². The molecular formula is C17H16N2O. The van der Waals surface area contributed by atoms with Crippen LogP contribution in [0.3, 0.4) is 0 Å². The van der Waals surface area contributed by atoms with Crippen LogP contribution < -0.4 is 4.74 Å². The Morgan fingerprint density at radius 2 is 1.80 bits per heavy atom. The lowest BCUT2D eigenvalue weighted by Crippen LogP contribution is -2.06. The second kappa shape index (κ2) is 5.29. The van der Waals surface area contributed by atoms with Crippen molar-refractivity contribution in [1.29, 1.82) is 0 Å². The van der Waals surface area contributed by atoms with Gasteiger partial charge in [0, 0.05) is 11.6 Å². The Morgan fingerprint density at radius 1 is 0.900 bits per heavy atom. The van der Waals surface area contributed by atoms with Crippen LogP contribution in [0, 0.1) is 0 Å². The molecule has 0 saturated heterocycles. The molecule has 0 bridgehead atoms. The normalized spacial score (nSPS) is 10.9. The molecule has 3 aromatic rings. The Morgan fingerprint density at radius 3 is 2.55 bits per heavy atom. The van der Waals surface area contributed by atoms with Gasteiger partial charge in [-0.15, -0.1) is 0 Å². The van der Waals surface area contributed by atoms with Crippen LogP contribution in [0.25, 0.3) is 22.3 Å². The molecule has 0 N–H and O–H groups in total. The molecule has 0 radical (unpaired) electrons. The minimum Gasteiger partial charge on any atom is -0.489 e. The van der Waals surface area contributed by atoms with Crippen molar-refractivity contribution in [2.45, 2.75) is 20.0 Å². The molecule has 2 aromatic heterocycles. The maximum atomic E-state index is 5.84. The standard InChI is InChI=1S/C17H16N2O/c1-12(2)20-16-8-5-6-13-9-10-15(19-17(13)16)14-7-3-4-11-18-14/h3-12H,1-2H3. The molecule has 1 aromatic carbocycles. The Kier molecular flexibility index (Phi) is 3.33. The third-order valence-corrected chi connectivity index (χ3v) is 2.97. The minimum atomic E-state index is 0.126. The lowest BCUT2D eigenvalue weighted by molar-refractivity contribution is 0.245. The summed E-state index contributed by atoms with van der Waals surface area (Å²) in [5.74, 6) is 0.815. The largest absolute Gasteiger partial charge is 0.489 e. The number of hydrogen-bond acceptors (Lipinski definition) is 3. The summed E-state index contributed by atoms with van der Waals surface area (Å²) >= 11 is 0. The molecule has 0 aliphatic rings. The second-order valence-corrected chi connectivity index (χ2v) is 4.91. The average Bonchev–Trinajstić information content (AvgIpc) is 2.47. The summed E-state index contributed by atoms with van der Waals surface area (Å²) in [6.45, 7) is 4.03. The maximum Gasteiger partial charge on any atom is 0.145 e. The summed E-state index contributed by atoms with van der Waals surface area (Å²) in [4.78, 5) is 9.05. The van der Waals surface area contributed by atoms with Crippen molar-refractivity contribution in [1.82, 2.24) is 9.97 Å². The van der Waals surface area contributed by atoms with Crippen molar-refractivity contribution < 1.29 is 4.74 Å². The highest BCUT2D eigenvalue weighted by molar-refractivity contribution is 5.86. The van der Waals surface area contributed by atoms with Gasteiger partial charge in [-0.3, -0.25) is 4.98 Å². The summed E-state index contributed by atoms with van der Waals surface area (Å²) in [6, 6.07) is 15.9. The second-order valence-electron chi connectivity index (χ2n) is 4.91. The molecule has 0 unspecified atom stereocenters. The van der Waals surface area contributed by atoms with Gasteiger partial charge in [-0.1, -0.05) is 24.3 Å². The number of hydrogen-bond donors (Lipinski definition) is 0. The van der Waals surface area contributed by atoms with Gasteiger partial charge in [-0.25, -0.2) is 4.98 Å². The van der Waals surface area contributed by atoms with Crippen molar-refractivity contribution >= 4 is 10.9 Å². The Bertz CT molecular complexity index is 723. The number of nitrogens with zero attached hydrogens (tertiary/aromatic N) is 2. The molecule has 0 amide bonds. The zero-order valence-electron chi connectivity index (χ0n) is 11.6.